The molecule has 1 fully saturated rings. The van der Waals surface area contributed by atoms with Crippen molar-refractivity contribution in [2.75, 3.05) is 17.3 Å². The third-order valence-electron chi connectivity index (χ3n) is 3.94. The van der Waals surface area contributed by atoms with E-state index in [4.69, 9.17) is 5.14 Å². The number of β-lactam (4-membered cyclic amide) rings is 1. The van der Waals surface area contributed by atoms with Crippen LogP contribution in [0.3, 0.4) is 0 Å². The van der Waals surface area contributed by atoms with Gasteiger partial charge in [0.2, 0.25) is 15.9 Å². The summed E-state index contributed by atoms with van der Waals surface area (Å²) in [5, 5.41) is 24.4. The smallest absolute Gasteiger partial charge is 0.352 e. The van der Waals surface area contributed by atoms with Crippen molar-refractivity contribution in [2.45, 2.75) is 16.6 Å². The van der Waals surface area contributed by atoms with E-state index in [-0.39, 0.29) is 5.70 Å². The molecule has 28 heavy (non-hydrogen) atoms. The van der Waals surface area contributed by atoms with Gasteiger partial charge in [-0.3, -0.25) is 14.5 Å². The van der Waals surface area contributed by atoms with Crippen molar-refractivity contribution in [1.82, 2.24) is 25.0 Å². The van der Waals surface area contributed by atoms with Gasteiger partial charge in [-0.15, -0.1) is 22.0 Å². The minimum atomic E-state index is -4.03. The van der Waals surface area contributed by atoms with E-state index < -0.39 is 45.0 Å². The van der Waals surface area contributed by atoms with E-state index in [1.807, 2.05) is 0 Å². The number of carbonyl (C=O) groups is 3. The number of thioether (sulfide) groups is 2. The third-order valence-corrected chi connectivity index (χ3v) is 7.07. The van der Waals surface area contributed by atoms with E-state index in [1.54, 1.807) is 11.6 Å². The highest BCUT2D eigenvalue weighted by Gasteiger charge is 2.54. The Bertz CT molecular complexity index is 973. The van der Waals surface area contributed by atoms with Gasteiger partial charge < -0.3 is 15.0 Å². The van der Waals surface area contributed by atoms with Crippen LogP contribution in [0.25, 0.3) is 0 Å². The summed E-state index contributed by atoms with van der Waals surface area (Å²) in [5.41, 5.74) is 0.421. The van der Waals surface area contributed by atoms with Gasteiger partial charge in [0.05, 0.1) is 0 Å². The number of nitrogens with one attached hydrogen (secondary N) is 1. The van der Waals surface area contributed by atoms with Crippen LogP contribution < -0.4 is 10.5 Å². The number of primary sulfonamides is 1. The Morgan fingerprint density at radius 2 is 2.21 bits per heavy atom. The van der Waals surface area contributed by atoms with Gasteiger partial charge in [0.25, 0.3) is 5.91 Å². The highest BCUT2D eigenvalue weighted by Crippen LogP contribution is 2.41. The maximum Gasteiger partial charge on any atom is 0.352 e. The third kappa shape index (κ3) is 4.16. The molecule has 2 aliphatic heterocycles. The molecule has 3 heterocycles. The largest absolute Gasteiger partial charge is 0.477 e. The van der Waals surface area contributed by atoms with Crippen molar-refractivity contribution in [3.63, 3.8) is 0 Å². The van der Waals surface area contributed by atoms with Crippen LogP contribution in [-0.4, -0.2) is 79.6 Å². The molecule has 1 aromatic heterocycles. The summed E-state index contributed by atoms with van der Waals surface area (Å²) in [6.45, 7) is 0. The van der Waals surface area contributed by atoms with Crippen LogP contribution >= 0.6 is 23.5 Å². The van der Waals surface area contributed by atoms with Gasteiger partial charge in [-0.1, -0.05) is 11.8 Å². The van der Waals surface area contributed by atoms with Crippen molar-refractivity contribution >= 4 is 51.3 Å². The number of hydrogen-bond acceptors (Lipinski definition) is 9. The van der Waals surface area contributed by atoms with Gasteiger partial charge in [-0.25, -0.2) is 18.4 Å². The number of hydrogen-bond donors (Lipinski definition) is 3. The Labute approximate surface area is 168 Å². The van der Waals surface area contributed by atoms with Gasteiger partial charge in [0, 0.05) is 18.6 Å². The fourth-order valence-electron chi connectivity index (χ4n) is 2.75. The molecule has 1 saturated heterocycles. The predicted octanol–water partition coefficient (Wildman–Crippen LogP) is -2.07. The maximum atomic E-state index is 12.4. The number of carboxylic acid groups (broad SMARTS) is 1. The van der Waals surface area contributed by atoms with Crippen molar-refractivity contribution in [2.24, 2.45) is 12.2 Å². The molecule has 0 saturated carbocycles. The van der Waals surface area contributed by atoms with Gasteiger partial charge >= 0.3 is 5.97 Å². The number of carbonyl (C=O) groups excluding carboxylic acids is 2. The quantitative estimate of drug-likeness (QED) is 0.310. The molecule has 2 amide bonds. The molecule has 2 aliphatic rings. The molecule has 0 spiro atoms. The number of rotatable bonds is 7. The van der Waals surface area contributed by atoms with Crippen LogP contribution in [-0.2, 0) is 31.5 Å². The molecule has 1 aromatic rings. The molecule has 0 bridgehead atoms. The van der Waals surface area contributed by atoms with Gasteiger partial charge in [-0.2, -0.15) is 0 Å². The zero-order valence-electron chi connectivity index (χ0n) is 14.4. The molecular weight excluding hydrogens is 432 g/mol. The zero-order chi connectivity index (χ0) is 20.6. The number of aromatic nitrogens is 3. The molecule has 152 valence electrons. The summed E-state index contributed by atoms with van der Waals surface area (Å²) in [6.07, 6.45) is 1.52. The first-order valence-corrected chi connectivity index (χ1v) is 11.5. The SMILES string of the molecule is Cn1cnnc1SCC1=C(C(=O)O)N2C(=O)C(NC(=O)CS(N)(=O)=O)[C@H]2SC1. The minimum Gasteiger partial charge on any atom is -0.477 e. The lowest BCUT2D eigenvalue weighted by atomic mass is 10.0. The van der Waals surface area contributed by atoms with Crippen LogP contribution in [0, 0.1) is 0 Å². The highest BCUT2D eigenvalue weighted by molar-refractivity contribution is 8.01. The average Bonchev–Trinajstić information content (AvgIpc) is 3.00. The molecule has 15 heteroatoms. The summed E-state index contributed by atoms with van der Waals surface area (Å²) in [6, 6.07) is -0.999. The number of fused-ring (bicyclic) bond motifs is 1. The second-order valence-electron chi connectivity index (χ2n) is 6.03. The Hall–Kier alpha value is -2.10. The highest BCUT2D eigenvalue weighted by atomic mass is 32.2. The van der Waals surface area contributed by atoms with Crippen LogP contribution in [0.5, 0.6) is 0 Å². The van der Waals surface area contributed by atoms with Crippen LogP contribution in [0.4, 0.5) is 0 Å². The molecule has 12 nitrogen and oxygen atoms in total. The van der Waals surface area contributed by atoms with Crippen molar-refractivity contribution < 1.29 is 27.9 Å². The molecule has 0 aliphatic carbocycles. The molecular formula is C13H16N6O6S3. The molecule has 3 rings (SSSR count). The second kappa shape index (κ2) is 7.73. The topological polar surface area (TPSA) is 178 Å². The Balaban J connectivity index is 1.73. The number of aliphatic carboxylic acids is 1. The summed E-state index contributed by atoms with van der Waals surface area (Å²) in [7, 11) is -2.27. The Kier molecular flexibility index (Phi) is 5.69. The molecule has 4 N–H and O–H groups in total. The Morgan fingerprint density at radius 1 is 1.50 bits per heavy atom. The number of nitrogens with two attached hydrogens (primary N) is 1. The van der Waals surface area contributed by atoms with Crippen LogP contribution in [0.1, 0.15) is 0 Å². The van der Waals surface area contributed by atoms with E-state index >= 15 is 0 Å². The number of sulfonamides is 1. The van der Waals surface area contributed by atoms with Crippen molar-refractivity contribution in [3.05, 3.63) is 17.6 Å². The van der Waals surface area contributed by atoms with Crippen LogP contribution in [0.15, 0.2) is 22.8 Å². The first kappa shape index (κ1) is 20.6. The summed E-state index contributed by atoms with van der Waals surface area (Å²) in [4.78, 5) is 37.0. The second-order valence-corrected chi connectivity index (χ2v) is 9.69. The lowest BCUT2D eigenvalue weighted by Gasteiger charge is -2.49. The fraction of sp³-hybridized carbons (Fsp3) is 0.462. The van der Waals surface area contributed by atoms with Crippen molar-refractivity contribution in [1.29, 1.82) is 0 Å². The van der Waals surface area contributed by atoms with E-state index in [9.17, 15) is 27.9 Å². The van der Waals surface area contributed by atoms with E-state index in [0.717, 1.165) is 4.90 Å². The van der Waals surface area contributed by atoms with Gasteiger partial charge in [0.15, 0.2) is 5.16 Å². The number of amides is 2. The molecule has 0 radical (unpaired) electrons. The van der Waals surface area contributed by atoms with E-state index in [0.29, 0.717) is 22.2 Å². The van der Waals surface area contributed by atoms with Gasteiger partial charge in [-0.05, 0) is 5.57 Å². The fourth-order valence-corrected chi connectivity index (χ4v) is 5.57. The standard InChI is InChI=1S/C13H16N6O6S3/c1-18-5-15-17-13(18)27-3-6-2-26-11-8(16-7(20)4-28(14,24)25)10(21)19(11)9(6)12(22)23/h5,8,11H,2-4H2,1H3,(H,16,20)(H,22,23)(H2,14,24,25)/t8?,11-/m1/s1. The maximum absolute atomic E-state index is 12.4. The number of aryl methyl sites for hydroxylation is 1. The predicted molar refractivity (Wildman–Crippen MR) is 99.4 cm³/mol. The normalized spacial score (nSPS) is 21.9. The summed E-state index contributed by atoms with van der Waals surface area (Å²) < 4.78 is 23.7. The molecule has 0 aromatic carbocycles. The molecule has 1 unspecified atom stereocenters. The summed E-state index contributed by atoms with van der Waals surface area (Å²) in [5.74, 6) is -3.08. The van der Waals surface area contributed by atoms with Crippen LogP contribution in [0.2, 0.25) is 0 Å². The molecule has 2 atom stereocenters. The number of carboxylic acids is 1. The monoisotopic (exact) mass is 448 g/mol. The minimum absolute atomic E-state index is 0.125. The van der Waals surface area contributed by atoms with E-state index in [2.05, 4.69) is 15.5 Å². The first-order valence-electron chi connectivity index (χ1n) is 7.75. The van der Waals surface area contributed by atoms with Gasteiger partial charge in [0.1, 0.15) is 29.2 Å². The Morgan fingerprint density at radius 3 is 2.79 bits per heavy atom. The zero-order valence-corrected chi connectivity index (χ0v) is 16.9. The van der Waals surface area contributed by atoms with Crippen molar-refractivity contribution in [3.8, 4) is 0 Å². The lowest BCUT2D eigenvalue weighted by molar-refractivity contribution is -0.150. The first-order chi connectivity index (χ1) is 13.1. The average molecular weight is 449 g/mol. The van der Waals surface area contributed by atoms with E-state index in [1.165, 1.54) is 29.9 Å². The summed E-state index contributed by atoms with van der Waals surface area (Å²) >= 11 is 2.58. The lowest BCUT2D eigenvalue weighted by Crippen LogP contribution is -2.71. The number of nitrogens with zero attached hydrogens (tertiary/aromatic N) is 4.